The second-order valence-electron chi connectivity index (χ2n) is 7.33. The van der Waals surface area contributed by atoms with Gasteiger partial charge in [0, 0.05) is 19.0 Å². The Hall–Kier alpha value is -2.10. The molecule has 0 radical (unpaired) electrons. The van der Waals surface area contributed by atoms with Crippen molar-refractivity contribution in [1.82, 2.24) is 4.90 Å². The van der Waals surface area contributed by atoms with Gasteiger partial charge in [0.15, 0.2) is 0 Å². The van der Waals surface area contributed by atoms with E-state index in [-0.39, 0.29) is 0 Å². The van der Waals surface area contributed by atoms with E-state index >= 15 is 0 Å². The molecule has 138 valence electrons. The summed E-state index contributed by atoms with van der Waals surface area (Å²) >= 11 is 0. The Bertz CT molecular complexity index is 711. The first-order valence-corrected chi connectivity index (χ1v) is 9.39. The first kappa shape index (κ1) is 18.7. The summed E-state index contributed by atoms with van der Waals surface area (Å²) in [6, 6.07) is 17.3. The van der Waals surface area contributed by atoms with Crippen molar-refractivity contribution in [2.45, 2.75) is 26.3 Å². The largest absolute Gasteiger partial charge is 0.493 e. The Balaban J connectivity index is 1.85. The maximum absolute atomic E-state index is 5.95. The Morgan fingerprint density at radius 2 is 2.00 bits per heavy atom. The molecule has 1 atom stereocenters. The molecule has 0 spiro atoms. The second-order valence-corrected chi connectivity index (χ2v) is 7.33. The van der Waals surface area contributed by atoms with Crippen LogP contribution < -0.4 is 4.74 Å². The molecule has 3 rings (SSSR count). The van der Waals surface area contributed by atoms with Crippen LogP contribution in [0.1, 0.15) is 36.5 Å². The normalized spacial score (nSPS) is 17.1. The average molecular weight is 351 g/mol. The summed E-state index contributed by atoms with van der Waals surface area (Å²) in [5.74, 6) is 1.83. The van der Waals surface area contributed by atoms with Crippen LogP contribution in [0.2, 0.25) is 0 Å². The summed E-state index contributed by atoms with van der Waals surface area (Å²) in [5.41, 5.74) is 4.07. The first-order chi connectivity index (χ1) is 12.7. The zero-order valence-electron chi connectivity index (χ0n) is 15.9. The minimum atomic E-state index is 0.353. The fourth-order valence-corrected chi connectivity index (χ4v) is 3.41. The van der Waals surface area contributed by atoms with Gasteiger partial charge in [-0.15, -0.1) is 6.58 Å². The third kappa shape index (κ3) is 4.75. The van der Waals surface area contributed by atoms with Crippen LogP contribution in [0.5, 0.6) is 5.75 Å². The molecule has 0 aliphatic carbocycles. The van der Waals surface area contributed by atoms with Crippen LogP contribution >= 0.6 is 0 Å². The van der Waals surface area contributed by atoms with Gasteiger partial charge in [0.05, 0.1) is 19.9 Å². The molecule has 0 N–H and O–H groups in total. The van der Waals surface area contributed by atoms with E-state index in [0.29, 0.717) is 25.2 Å². The van der Waals surface area contributed by atoms with Gasteiger partial charge in [0.1, 0.15) is 5.75 Å². The van der Waals surface area contributed by atoms with E-state index in [9.17, 15) is 0 Å². The highest BCUT2D eigenvalue weighted by Crippen LogP contribution is 2.35. The van der Waals surface area contributed by atoms with Crippen LogP contribution in [0.4, 0.5) is 0 Å². The molecule has 1 aliphatic heterocycles. The van der Waals surface area contributed by atoms with Gasteiger partial charge in [0.2, 0.25) is 0 Å². The molecule has 0 saturated heterocycles. The summed E-state index contributed by atoms with van der Waals surface area (Å²) in [5, 5.41) is 0. The van der Waals surface area contributed by atoms with Gasteiger partial charge in [-0.3, -0.25) is 4.90 Å². The van der Waals surface area contributed by atoms with Gasteiger partial charge in [-0.1, -0.05) is 56.3 Å². The molecular weight excluding hydrogens is 322 g/mol. The van der Waals surface area contributed by atoms with Crippen LogP contribution in [0.3, 0.4) is 0 Å². The molecule has 1 aliphatic rings. The molecule has 3 nitrogen and oxygen atoms in total. The van der Waals surface area contributed by atoms with Gasteiger partial charge in [-0.2, -0.15) is 0 Å². The molecule has 26 heavy (non-hydrogen) atoms. The standard InChI is InChI=1S/C23H29NO2/c1-4-12-25-17-24-14-20-13-21(26-16-18(2)3)10-11-22(20)23(15-24)19-8-6-5-7-9-19/h4-11,13,18,23H,1,12,14-17H2,2-3H3/t23-/m1/s1. The van der Waals surface area contributed by atoms with E-state index in [1.54, 1.807) is 6.08 Å². The maximum atomic E-state index is 5.95. The van der Waals surface area contributed by atoms with E-state index in [4.69, 9.17) is 9.47 Å². The highest BCUT2D eigenvalue weighted by atomic mass is 16.5. The predicted octanol–water partition coefficient (Wildman–Crippen LogP) is 4.83. The highest BCUT2D eigenvalue weighted by Gasteiger charge is 2.27. The third-order valence-electron chi connectivity index (χ3n) is 4.62. The van der Waals surface area contributed by atoms with E-state index in [2.05, 4.69) is 73.9 Å². The monoisotopic (exact) mass is 351 g/mol. The van der Waals surface area contributed by atoms with Crippen molar-refractivity contribution in [3.8, 4) is 5.75 Å². The van der Waals surface area contributed by atoms with Crippen LogP contribution in [-0.2, 0) is 11.3 Å². The predicted molar refractivity (Wildman–Crippen MR) is 106 cm³/mol. The zero-order valence-corrected chi connectivity index (χ0v) is 15.9. The van der Waals surface area contributed by atoms with Gasteiger partial charge in [0.25, 0.3) is 0 Å². The van der Waals surface area contributed by atoms with Crippen LogP contribution in [0.15, 0.2) is 61.2 Å². The number of nitrogens with zero attached hydrogens (tertiary/aromatic N) is 1. The van der Waals surface area contributed by atoms with Crippen molar-refractivity contribution in [2.75, 3.05) is 26.5 Å². The van der Waals surface area contributed by atoms with Gasteiger partial charge < -0.3 is 9.47 Å². The molecule has 0 aromatic heterocycles. The van der Waals surface area contributed by atoms with Crippen molar-refractivity contribution < 1.29 is 9.47 Å². The number of fused-ring (bicyclic) bond motifs is 1. The SMILES string of the molecule is C=CCOCN1Cc2cc(OCC(C)C)ccc2[C@@H](c2ccccc2)C1. The Morgan fingerprint density at radius 3 is 2.73 bits per heavy atom. The summed E-state index contributed by atoms with van der Waals surface area (Å²) in [6.45, 7) is 11.8. The fraction of sp³-hybridized carbons (Fsp3) is 0.391. The first-order valence-electron chi connectivity index (χ1n) is 9.39. The van der Waals surface area contributed by atoms with Crippen LogP contribution in [0, 0.1) is 5.92 Å². The van der Waals surface area contributed by atoms with Crippen molar-refractivity contribution in [1.29, 1.82) is 0 Å². The maximum Gasteiger partial charge on any atom is 0.119 e. The molecule has 0 saturated carbocycles. The van der Waals surface area contributed by atoms with E-state index < -0.39 is 0 Å². The lowest BCUT2D eigenvalue weighted by atomic mass is 9.85. The highest BCUT2D eigenvalue weighted by molar-refractivity contribution is 5.44. The summed E-state index contributed by atoms with van der Waals surface area (Å²) in [7, 11) is 0. The molecule has 3 heteroatoms. The van der Waals surface area contributed by atoms with Gasteiger partial charge in [-0.25, -0.2) is 0 Å². The molecule has 0 unspecified atom stereocenters. The summed E-state index contributed by atoms with van der Waals surface area (Å²) in [4.78, 5) is 2.36. The van der Waals surface area contributed by atoms with Crippen molar-refractivity contribution in [2.24, 2.45) is 5.92 Å². The molecule has 2 aromatic carbocycles. The van der Waals surface area contributed by atoms with Crippen molar-refractivity contribution in [3.63, 3.8) is 0 Å². The Morgan fingerprint density at radius 1 is 1.19 bits per heavy atom. The fourth-order valence-electron chi connectivity index (χ4n) is 3.41. The number of hydrogen-bond acceptors (Lipinski definition) is 3. The van der Waals surface area contributed by atoms with Crippen molar-refractivity contribution in [3.05, 3.63) is 77.9 Å². The lowest BCUT2D eigenvalue weighted by Gasteiger charge is -2.35. The molecule has 0 amide bonds. The molecule has 0 bridgehead atoms. The van der Waals surface area contributed by atoms with Gasteiger partial charge in [-0.05, 0) is 34.7 Å². The summed E-state index contributed by atoms with van der Waals surface area (Å²) in [6.07, 6.45) is 1.80. The molecule has 0 fully saturated rings. The number of rotatable bonds is 8. The zero-order chi connectivity index (χ0) is 18.4. The van der Waals surface area contributed by atoms with E-state index in [1.165, 1.54) is 16.7 Å². The second kappa shape index (κ2) is 9.02. The minimum Gasteiger partial charge on any atom is -0.493 e. The molecular formula is C23H29NO2. The van der Waals surface area contributed by atoms with Crippen LogP contribution in [0.25, 0.3) is 0 Å². The Labute approximate surface area is 157 Å². The molecule has 1 heterocycles. The van der Waals surface area contributed by atoms with E-state index in [0.717, 1.165) is 25.4 Å². The molecule has 2 aromatic rings. The van der Waals surface area contributed by atoms with Crippen LogP contribution in [-0.4, -0.2) is 31.4 Å². The summed E-state index contributed by atoms with van der Waals surface area (Å²) < 4.78 is 11.7. The third-order valence-corrected chi connectivity index (χ3v) is 4.62. The smallest absolute Gasteiger partial charge is 0.119 e. The minimum absolute atomic E-state index is 0.353. The lowest BCUT2D eigenvalue weighted by Crippen LogP contribution is -2.35. The topological polar surface area (TPSA) is 21.7 Å². The lowest BCUT2D eigenvalue weighted by molar-refractivity contribution is 0.0324. The number of benzene rings is 2. The Kier molecular flexibility index (Phi) is 6.48. The average Bonchev–Trinajstić information content (AvgIpc) is 2.66. The number of ether oxygens (including phenoxy) is 2. The van der Waals surface area contributed by atoms with Gasteiger partial charge >= 0.3 is 0 Å². The quantitative estimate of drug-likeness (QED) is 0.502. The van der Waals surface area contributed by atoms with Crippen molar-refractivity contribution >= 4 is 0 Å². The van der Waals surface area contributed by atoms with E-state index in [1.807, 2.05) is 0 Å². The number of hydrogen-bond donors (Lipinski definition) is 0.